The minimum absolute atomic E-state index is 0.240. The molecule has 0 radical (unpaired) electrons. The van der Waals surface area contributed by atoms with Crippen LogP contribution in [0.2, 0.25) is 0 Å². The average molecular weight is 221 g/mol. The van der Waals surface area contributed by atoms with Crippen LogP contribution >= 0.6 is 0 Å². The van der Waals surface area contributed by atoms with Gasteiger partial charge in [0, 0.05) is 16.7 Å². The first-order valence-corrected chi connectivity index (χ1v) is 4.28. The summed E-state index contributed by atoms with van der Waals surface area (Å²) < 4.78 is 17.3. The number of ether oxygens (including phenoxy) is 1. The Hall–Kier alpha value is -2.33. The number of esters is 1. The lowest BCUT2D eigenvalue weighted by Gasteiger charge is -1.99. The molecule has 0 saturated carbocycles. The van der Waals surface area contributed by atoms with Gasteiger partial charge in [0.25, 0.3) is 0 Å². The monoisotopic (exact) mass is 221 g/mol. The molecule has 0 saturated heterocycles. The Kier molecular flexibility index (Phi) is 4.06. The summed E-state index contributed by atoms with van der Waals surface area (Å²) in [7, 11) is 1.23. The Bertz CT molecular complexity index is 479. The maximum Gasteiger partial charge on any atom is 0.330 e. The van der Waals surface area contributed by atoms with Gasteiger partial charge in [0.2, 0.25) is 0 Å². The highest BCUT2D eigenvalue weighted by Crippen LogP contribution is 2.21. The molecule has 5 nitrogen and oxygen atoms in total. The highest BCUT2D eigenvalue weighted by molar-refractivity contribution is 5.88. The van der Waals surface area contributed by atoms with E-state index in [0.717, 1.165) is 12.1 Å². The molecule has 0 unspecified atom stereocenters. The second kappa shape index (κ2) is 5.53. The number of methoxy groups -OCH3 is 1. The summed E-state index contributed by atoms with van der Waals surface area (Å²) in [6, 6.07) is 3.65. The molecule has 0 aromatic heterocycles. The van der Waals surface area contributed by atoms with E-state index in [0.29, 0.717) is 5.56 Å². The predicted octanol–water partition coefficient (Wildman–Crippen LogP) is 2.95. The van der Waals surface area contributed by atoms with Gasteiger partial charge in [0.15, 0.2) is 0 Å². The van der Waals surface area contributed by atoms with Gasteiger partial charge >= 0.3 is 5.97 Å². The molecule has 0 aliphatic heterocycles. The lowest BCUT2D eigenvalue weighted by Crippen LogP contribution is -1.93. The van der Waals surface area contributed by atoms with Crippen LogP contribution < -0.4 is 0 Å². The minimum atomic E-state index is -0.573. The standard InChI is InChI=1S/C10H8FN3O2/c1-16-10(15)5-2-7-6-8(11)3-4-9(7)13-14-12/h2-6H,1H3/b5-2+. The fraction of sp³-hybridized carbons (Fsp3) is 0.100. The highest BCUT2D eigenvalue weighted by atomic mass is 19.1. The van der Waals surface area contributed by atoms with Crippen molar-refractivity contribution in [1.29, 1.82) is 0 Å². The van der Waals surface area contributed by atoms with Gasteiger partial charge in [-0.25, -0.2) is 9.18 Å². The van der Waals surface area contributed by atoms with Gasteiger partial charge in [-0.1, -0.05) is 5.11 Å². The van der Waals surface area contributed by atoms with E-state index in [4.69, 9.17) is 5.53 Å². The molecule has 0 fully saturated rings. The molecule has 0 N–H and O–H groups in total. The van der Waals surface area contributed by atoms with Crippen LogP contribution in [-0.4, -0.2) is 13.1 Å². The fourth-order valence-electron chi connectivity index (χ4n) is 1.02. The number of nitrogens with zero attached hydrogens (tertiary/aromatic N) is 3. The van der Waals surface area contributed by atoms with Crippen molar-refractivity contribution in [1.82, 2.24) is 0 Å². The van der Waals surface area contributed by atoms with E-state index >= 15 is 0 Å². The largest absolute Gasteiger partial charge is 0.466 e. The molecule has 1 aromatic carbocycles. The SMILES string of the molecule is COC(=O)/C=C/c1cc(F)ccc1N=[N+]=[N-]. The van der Waals surface area contributed by atoms with E-state index in [9.17, 15) is 9.18 Å². The molecule has 82 valence electrons. The summed E-state index contributed by atoms with van der Waals surface area (Å²) in [4.78, 5) is 13.4. The van der Waals surface area contributed by atoms with Gasteiger partial charge in [-0.05, 0) is 35.4 Å². The topological polar surface area (TPSA) is 75.1 Å². The van der Waals surface area contributed by atoms with Crippen LogP contribution in [0.15, 0.2) is 29.4 Å². The van der Waals surface area contributed by atoms with E-state index in [1.54, 1.807) is 0 Å². The molecule has 6 heteroatoms. The minimum Gasteiger partial charge on any atom is -0.466 e. The molecule has 0 heterocycles. The van der Waals surface area contributed by atoms with E-state index in [-0.39, 0.29) is 5.69 Å². The van der Waals surface area contributed by atoms with Crippen molar-refractivity contribution in [3.8, 4) is 0 Å². The Morgan fingerprint density at radius 1 is 1.62 bits per heavy atom. The van der Waals surface area contributed by atoms with Crippen LogP contribution in [0.3, 0.4) is 0 Å². The summed E-state index contributed by atoms with van der Waals surface area (Å²) in [6.07, 6.45) is 2.43. The lowest BCUT2D eigenvalue weighted by atomic mass is 10.1. The van der Waals surface area contributed by atoms with Gasteiger partial charge in [-0.2, -0.15) is 0 Å². The fourth-order valence-corrected chi connectivity index (χ4v) is 1.02. The van der Waals surface area contributed by atoms with Gasteiger partial charge < -0.3 is 4.74 Å². The van der Waals surface area contributed by atoms with Crippen LogP contribution in [0.1, 0.15) is 5.56 Å². The number of azide groups is 1. The first kappa shape index (κ1) is 11.7. The lowest BCUT2D eigenvalue weighted by molar-refractivity contribution is -0.134. The van der Waals surface area contributed by atoms with Crippen LogP contribution in [0.25, 0.3) is 16.5 Å². The molecule has 0 aliphatic rings. The van der Waals surface area contributed by atoms with Crippen molar-refractivity contribution in [2.24, 2.45) is 5.11 Å². The van der Waals surface area contributed by atoms with Gasteiger partial charge in [-0.3, -0.25) is 0 Å². The summed E-state index contributed by atoms with van der Waals surface area (Å²) in [5, 5.41) is 3.36. The van der Waals surface area contributed by atoms with Crippen LogP contribution in [0.5, 0.6) is 0 Å². The zero-order chi connectivity index (χ0) is 12.0. The van der Waals surface area contributed by atoms with Crippen molar-refractivity contribution in [2.75, 3.05) is 7.11 Å². The van der Waals surface area contributed by atoms with E-state index in [1.807, 2.05) is 0 Å². The van der Waals surface area contributed by atoms with Crippen molar-refractivity contribution >= 4 is 17.7 Å². The van der Waals surface area contributed by atoms with E-state index < -0.39 is 11.8 Å². The number of hydrogen-bond acceptors (Lipinski definition) is 3. The van der Waals surface area contributed by atoms with Crippen molar-refractivity contribution in [2.45, 2.75) is 0 Å². The molecule has 0 spiro atoms. The molecular weight excluding hydrogens is 213 g/mol. The molecular formula is C10H8FN3O2. The molecule has 0 aliphatic carbocycles. The summed E-state index contributed by atoms with van der Waals surface area (Å²) in [5.74, 6) is -1.06. The third kappa shape index (κ3) is 3.11. The number of benzene rings is 1. The Morgan fingerprint density at radius 2 is 2.38 bits per heavy atom. The number of rotatable bonds is 3. The highest BCUT2D eigenvalue weighted by Gasteiger charge is 2.00. The number of halogens is 1. The second-order valence-electron chi connectivity index (χ2n) is 2.75. The maximum atomic E-state index is 12.9. The first-order valence-electron chi connectivity index (χ1n) is 4.28. The molecule has 1 rings (SSSR count). The zero-order valence-corrected chi connectivity index (χ0v) is 8.42. The first-order chi connectivity index (χ1) is 7.67. The molecule has 1 aromatic rings. The third-order valence-electron chi connectivity index (χ3n) is 1.74. The van der Waals surface area contributed by atoms with Crippen molar-refractivity contribution in [3.63, 3.8) is 0 Å². The van der Waals surface area contributed by atoms with Gasteiger partial charge in [0.05, 0.1) is 7.11 Å². The zero-order valence-electron chi connectivity index (χ0n) is 8.42. The summed E-state index contributed by atoms with van der Waals surface area (Å²) in [6.45, 7) is 0. The van der Waals surface area contributed by atoms with Crippen LogP contribution in [0, 0.1) is 5.82 Å². The van der Waals surface area contributed by atoms with Gasteiger partial charge in [0.1, 0.15) is 5.82 Å². The van der Waals surface area contributed by atoms with Crippen LogP contribution in [-0.2, 0) is 9.53 Å². The maximum absolute atomic E-state index is 12.9. The number of carbonyl (C=O) groups excluding carboxylic acids is 1. The second-order valence-corrected chi connectivity index (χ2v) is 2.75. The molecule has 0 atom stereocenters. The van der Waals surface area contributed by atoms with Crippen LogP contribution in [0.4, 0.5) is 10.1 Å². The quantitative estimate of drug-likeness (QED) is 0.258. The Balaban J connectivity index is 3.10. The molecule has 16 heavy (non-hydrogen) atoms. The third-order valence-corrected chi connectivity index (χ3v) is 1.74. The average Bonchev–Trinajstić information content (AvgIpc) is 2.29. The van der Waals surface area contributed by atoms with Crippen molar-refractivity contribution in [3.05, 3.63) is 46.1 Å². The number of hydrogen-bond donors (Lipinski definition) is 0. The van der Waals surface area contributed by atoms with E-state index in [2.05, 4.69) is 14.8 Å². The summed E-state index contributed by atoms with van der Waals surface area (Å²) in [5.41, 5.74) is 8.83. The van der Waals surface area contributed by atoms with E-state index in [1.165, 1.54) is 25.3 Å². The van der Waals surface area contributed by atoms with Gasteiger partial charge in [-0.15, -0.1) is 0 Å². The summed E-state index contributed by atoms with van der Waals surface area (Å²) >= 11 is 0. The smallest absolute Gasteiger partial charge is 0.330 e. The number of carbonyl (C=O) groups is 1. The Labute approximate surface area is 90.8 Å². The Morgan fingerprint density at radius 3 is 3.00 bits per heavy atom. The normalized spacial score (nSPS) is 9.88. The molecule has 0 bridgehead atoms. The molecule has 0 amide bonds. The van der Waals surface area contributed by atoms with Crippen molar-refractivity contribution < 1.29 is 13.9 Å². The predicted molar refractivity (Wildman–Crippen MR) is 56.3 cm³/mol.